The first-order valence-corrected chi connectivity index (χ1v) is 6.94. The lowest BCUT2D eigenvalue weighted by molar-refractivity contribution is -0.145. The van der Waals surface area contributed by atoms with E-state index in [1.54, 1.807) is 6.92 Å². The molecule has 1 aliphatic heterocycles. The fraction of sp³-hybridized carbons (Fsp3) is 0.923. The van der Waals surface area contributed by atoms with Gasteiger partial charge in [0.05, 0.1) is 19.7 Å². The predicted molar refractivity (Wildman–Crippen MR) is 69.3 cm³/mol. The highest BCUT2D eigenvalue weighted by molar-refractivity contribution is 5.71. The molecule has 2 unspecified atom stereocenters. The molecule has 0 aliphatic carbocycles. The van der Waals surface area contributed by atoms with E-state index < -0.39 is 6.43 Å². The van der Waals surface area contributed by atoms with E-state index in [0.717, 1.165) is 19.4 Å². The number of likely N-dealkylation sites (tertiary alicyclic amines) is 1. The van der Waals surface area contributed by atoms with Crippen LogP contribution in [-0.4, -0.2) is 56.1 Å². The number of carbonyl (C=O) groups is 1. The molecule has 0 radical (unpaired) electrons. The Hall–Kier alpha value is -0.750. The summed E-state index contributed by atoms with van der Waals surface area (Å²) in [7, 11) is 0. The molecule has 112 valence electrons. The van der Waals surface area contributed by atoms with Crippen LogP contribution in [0, 0.1) is 5.92 Å². The molecule has 0 aromatic rings. The lowest BCUT2D eigenvalue weighted by Crippen LogP contribution is -2.51. The maximum atomic E-state index is 12.2. The molecule has 1 N–H and O–H groups in total. The Balaban J connectivity index is 2.45. The van der Waals surface area contributed by atoms with Crippen LogP contribution in [0.25, 0.3) is 0 Å². The van der Waals surface area contributed by atoms with Gasteiger partial charge in [-0.3, -0.25) is 9.69 Å². The average Bonchev–Trinajstić information content (AvgIpc) is 2.36. The van der Waals surface area contributed by atoms with E-state index in [1.165, 1.54) is 0 Å². The van der Waals surface area contributed by atoms with Gasteiger partial charge in [-0.25, -0.2) is 8.78 Å². The average molecular weight is 278 g/mol. The molecular formula is C13H24F2N2O2. The molecule has 0 amide bonds. The fourth-order valence-corrected chi connectivity index (χ4v) is 2.52. The first kappa shape index (κ1) is 16.3. The molecule has 0 spiro atoms. The number of esters is 1. The Morgan fingerprint density at radius 3 is 2.74 bits per heavy atom. The maximum Gasteiger partial charge on any atom is 0.320 e. The Kier molecular flexibility index (Phi) is 7.23. The quantitative estimate of drug-likeness (QED) is 0.717. The molecule has 0 saturated carbocycles. The van der Waals surface area contributed by atoms with Crippen LogP contribution in [0.15, 0.2) is 0 Å². The number of halogens is 2. The molecule has 19 heavy (non-hydrogen) atoms. The van der Waals surface area contributed by atoms with Crippen LogP contribution in [0.3, 0.4) is 0 Å². The van der Waals surface area contributed by atoms with Crippen molar-refractivity contribution in [2.75, 3.05) is 32.8 Å². The van der Waals surface area contributed by atoms with Crippen molar-refractivity contribution in [2.45, 2.75) is 39.2 Å². The summed E-state index contributed by atoms with van der Waals surface area (Å²) < 4.78 is 29.4. The molecule has 6 heteroatoms. The Bertz CT molecular complexity index is 277. The van der Waals surface area contributed by atoms with Gasteiger partial charge in [-0.2, -0.15) is 0 Å². The Labute approximate surface area is 113 Å². The number of piperidine rings is 1. The summed E-state index contributed by atoms with van der Waals surface area (Å²) in [6, 6.07) is 0.0297. The van der Waals surface area contributed by atoms with Crippen molar-refractivity contribution in [3.05, 3.63) is 0 Å². The highest BCUT2D eigenvalue weighted by Gasteiger charge is 2.27. The van der Waals surface area contributed by atoms with Gasteiger partial charge in [-0.15, -0.1) is 0 Å². The molecular weight excluding hydrogens is 254 g/mol. The molecule has 1 heterocycles. The summed E-state index contributed by atoms with van der Waals surface area (Å²) in [6.07, 6.45) is -0.449. The number of rotatable bonds is 7. The molecule has 1 rings (SSSR count). The largest absolute Gasteiger partial charge is 0.465 e. The van der Waals surface area contributed by atoms with E-state index in [1.807, 2.05) is 4.90 Å². The maximum absolute atomic E-state index is 12.2. The first-order chi connectivity index (χ1) is 9.05. The van der Waals surface area contributed by atoms with Crippen molar-refractivity contribution in [2.24, 2.45) is 5.92 Å². The van der Waals surface area contributed by atoms with Crippen LogP contribution < -0.4 is 5.32 Å². The van der Waals surface area contributed by atoms with Crippen molar-refractivity contribution in [3.63, 3.8) is 0 Å². The highest BCUT2D eigenvalue weighted by Crippen LogP contribution is 2.19. The zero-order chi connectivity index (χ0) is 14.3. The van der Waals surface area contributed by atoms with Gasteiger partial charge < -0.3 is 10.1 Å². The van der Waals surface area contributed by atoms with E-state index in [2.05, 4.69) is 12.2 Å². The summed E-state index contributed by atoms with van der Waals surface area (Å²) >= 11 is 0. The smallest absolute Gasteiger partial charge is 0.320 e. The van der Waals surface area contributed by atoms with Gasteiger partial charge in [-0.05, 0) is 19.3 Å². The summed E-state index contributed by atoms with van der Waals surface area (Å²) in [6.45, 7) is 5.66. The van der Waals surface area contributed by atoms with Crippen LogP contribution in [0.4, 0.5) is 8.78 Å². The number of hydrogen-bond acceptors (Lipinski definition) is 4. The normalized spacial score (nSPS) is 24.7. The zero-order valence-electron chi connectivity index (χ0n) is 11.7. The highest BCUT2D eigenvalue weighted by atomic mass is 19.3. The van der Waals surface area contributed by atoms with Gasteiger partial charge in [-0.1, -0.05) is 13.3 Å². The second kappa shape index (κ2) is 8.43. The van der Waals surface area contributed by atoms with E-state index in [4.69, 9.17) is 4.74 Å². The van der Waals surface area contributed by atoms with Crippen molar-refractivity contribution >= 4 is 5.97 Å². The summed E-state index contributed by atoms with van der Waals surface area (Å²) in [5.74, 6) is 0.199. The third-order valence-electron chi connectivity index (χ3n) is 3.41. The molecule has 2 atom stereocenters. The third kappa shape index (κ3) is 6.29. The lowest BCUT2D eigenvalue weighted by atomic mass is 9.92. The number of carbonyl (C=O) groups excluding carboxylic acids is 1. The fourth-order valence-electron chi connectivity index (χ4n) is 2.52. The number of nitrogens with one attached hydrogen (secondary N) is 1. The van der Waals surface area contributed by atoms with E-state index in [0.29, 0.717) is 19.1 Å². The van der Waals surface area contributed by atoms with Crippen LogP contribution in [0.1, 0.15) is 26.7 Å². The Morgan fingerprint density at radius 1 is 1.42 bits per heavy atom. The molecule has 1 aliphatic rings. The van der Waals surface area contributed by atoms with Gasteiger partial charge >= 0.3 is 5.97 Å². The van der Waals surface area contributed by atoms with Gasteiger partial charge in [0.1, 0.15) is 0 Å². The minimum atomic E-state index is -2.33. The van der Waals surface area contributed by atoms with E-state index >= 15 is 0 Å². The second-order valence-electron chi connectivity index (χ2n) is 5.01. The molecule has 0 aromatic heterocycles. The molecule has 1 saturated heterocycles. The van der Waals surface area contributed by atoms with Gasteiger partial charge in [0.25, 0.3) is 6.43 Å². The molecule has 0 bridgehead atoms. The van der Waals surface area contributed by atoms with Crippen LogP contribution in [0.2, 0.25) is 0 Å². The molecule has 4 nitrogen and oxygen atoms in total. The van der Waals surface area contributed by atoms with Crippen LogP contribution >= 0.6 is 0 Å². The first-order valence-electron chi connectivity index (χ1n) is 6.94. The lowest BCUT2D eigenvalue weighted by Gasteiger charge is -2.37. The number of alkyl halides is 2. The summed E-state index contributed by atoms with van der Waals surface area (Å²) in [5, 5.41) is 2.88. The second-order valence-corrected chi connectivity index (χ2v) is 5.01. The minimum absolute atomic E-state index is 0.0297. The van der Waals surface area contributed by atoms with Crippen molar-refractivity contribution in [1.82, 2.24) is 10.2 Å². The molecule has 1 fully saturated rings. The van der Waals surface area contributed by atoms with E-state index in [-0.39, 0.29) is 25.1 Å². The summed E-state index contributed by atoms with van der Waals surface area (Å²) in [5.41, 5.74) is 0. The standard InChI is InChI=1S/C13H24F2N2O2/c1-3-10-5-11(16-6-12(14)15)8-17(7-10)9-13(18)19-4-2/h10-12,16H,3-9H2,1-2H3. The van der Waals surface area contributed by atoms with E-state index in [9.17, 15) is 13.6 Å². The van der Waals surface area contributed by atoms with Crippen molar-refractivity contribution in [1.29, 1.82) is 0 Å². The number of nitrogens with zero attached hydrogens (tertiary/aromatic N) is 1. The molecule has 0 aromatic carbocycles. The minimum Gasteiger partial charge on any atom is -0.465 e. The number of hydrogen-bond donors (Lipinski definition) is 1. The monoisotopic (exact) mass is 278 g/mol. The van der Waals surface area contributed by atoms with Gasteiger partial charge in [0.2, 0.25) is 0 Å². The SMILES string of the molecule is CCOC(=O)CN1CC(CC)CC(NCC(F)F)C1. The van der Waals surface area contributed by atoms with Crippen LogP contribution in [-0.2, 0) is 9.53 Å². The number of ether oxygens (including phenoxy) is 1. The van der Waals surface area contributed by atoms with Crippen molar-refractivity contribution in [3.8, 4) is 0 Å². The van der Waals surface area contributed by atoms with Gasteiger partial charge in [0.15, 0.2) is 0 Å². The van der Waals surface area contributed by atoms with Crippen LogP contribution in [0.5, 0.6) is 0 Å². The zero-order valence-corrected chi connectivity index (χ0v) is 11.7. The topological polar surface area (TPSA) is 41.6 Å². The van der Waals surface area contributed by atoms with Gasteiger partial charge in [0, 0.05) is 19.1 Å². The van der Waals surface area contributed by atoms with Crippen molar-refractivity contribution < 1.29 is 18.3 Å². The third-order valence-corrected chi connectivity index (χ3v) is 3.41. The Morgan fingerprint density at radius 2 is 2.16 bits per heavy atom. The summed E-state index contributed by atoms with van der Waals surface area (Å²) in [4.78, 5) is 13.5. The predicted octanol–water partition coefficient (Wildman–Crippen LogP) is 1.50.